The van der Waals surface area contributed by atoms with E-state index in [0.717, 1.165) is 5.56 Å². The summed E-state index contributed by atoms with van der Waals surface area (Å²) < 4.78 is 1.28. The van der Waals surface area contributed by atoms with E-state index >= 15 is 0 Å². The largest absolute Gasteiger partial charge is 0.275 e. The maximum absolute atomic E-state index is 11.7. The fourth-order valence-corrected chi connectivity index (χ4v) is 2.14. The van der Waals surface area contributed by atoms with Gasteiger partial charge in [-0.2, -0.15) is 9.61 Å². The number of hydrogen-bond donors (Lipinski definition) is 0. The Hall–Kier alpha value is -2.34. The molecule has 5 nitrogen and oxygen atoms in total. The summed E-state index contributed by atoms with van der Waals surface area (Å²) in [4.78, 5) is 20.6. The molecule has 0 N–H and O–H groups in total. The molecule has 3 rings (SSSR count). The minimum Gasteiger partial charge on any atom is -0.267 e. The molecule has 88 valence electrons. The summed E-state index contributed by atoms with van der Waals surface area (Å²) >= 11 is 1.33. The minimum absolute atomic E-state index is 0.174. The third-order valence-corrected chi connectivity index (χ3v) is 3.01. The zero-order chi connectivity index (χ0) is 12.4. The van der Waals surface area contributed by atoms with Gasteiger partial charge in [0.25, 0.3) is 5.56 Å². The number of pyridine rings is 1. The van der Waals surface area contributed by atoms with Gasteiger partial charge in [0.05, 0.1) is 5.69 Å². The van der Waals surface area contributed by atoms with Crippen LogP contribution in [0.3, 0.4) is 0 Å². The van der Waals surface area contributed by atoms with Crippen LogP contribution in [0.2, 0.25) is 0 Å². The van der Waals surface area contributed by atoms with Crippen molar-refractivity contribution in [2.45, 2.75) is 0 Å². The van der Waals surface area contributed by atoms with Crippen molar-refractivity contribution in [3.63, 3.8) is 0 Å². The Bertz CT molecular complexity index is 760. The monoisotopic (exact) mass is 256 g/mol. The fourth-order valence-electron chi connectivity index (χ4n) is 1.51. The Labute approximate surface area is 106 Å². The van der Waals surface area contributed by atoms with Crippen molar-refractivity contribution in [3.8, 4) is 0 Å². The first-order valence-electron chi connectivity index (χ1n) is 5.25. The van der Waals surface area contributed by atoms with Crippen LogP contribution in [-0.4, -0.2) is 19.6 Å². The lowest BCUT2D eigenvalue weighted by Gasteiger charge is -1.94. The van der Waals surface area contributed by atoms with Crippen molar-refractivity contribution in [1.29, 1.82) is 0 Å². The summed E-state index contributed by atoms with van der Waals surface area (Å²) in [6.07, 6.45) is 7.12. The number of aromatic nitrogens is 4. The van der Waals surface area contributed by atoms with Gasteiger partial charge in [-0.1, -0.05) is 23.5 Å². The van der Waals surface area contributed by atoms with Gasteiger partial charge in [-0.05, 0) is 17.7 Å². The molecule has 0 saturated heterocycles. The van der Waals surface area contributed by atoms with Gasteiger partial charge in [0.15, 0.2) is 0 Å². The van der Waals surface area contributed by atoms with Gasteiger partial charge in [-0.15, -0.1) is 0 Å². The van der Waals surface area contributed by atoms with Gasteiger partial charge < -0.3 is 0 Å². The van der Waals surface area contributed by atoms with Gasteiger partial charge in [0, 0.05) is 18.5 Å². The lowest BCUT2D eigenvalue weighted by atomic mass is 10.2. The molecule has 3 heterocycles. The Morgan fingerprint density at radius 1 is 1.33 bits per heavy atom. The highest BCUT2D eigenvalue weighted by atomic mass is 32.1. The van der Waals surface area contributed by atoms with E-state index in [1.54, 1.807) is 24.0 Å². The topological polar surface area (TPSA) is 60.2 Å². The third kappa shape index (κ3) is 2.05. The summed E-state index contributed by atoms with van der Waals surface area (Å²) in [5, 5.41) is 3.90. The van der Waals surface area contributed by atoms with Crippen LogP contribution in [0.1, 0.15) is 11.3 Å². The number of rotatable bonds is 2. The quantitative estimate of drug-likeness (QED) is 0.700. The van der Waals surface area contributed by atoms with E-state index in [1.165, 1.54) is 21.9 Å². The number of nitrogens with zero attached hydrogens (tertiary/aromatic N) is 4. The Morgan fingerprint density at radius 2 is 2.28 bits per heavy atom. The minimum atomic E-state index is -0.174. The molecule has 6 heteroatoms. The molecule has 3 aromatic heterocycles. The fraction of sp³-hybridized carbons (Fsp3) is 0. The van der Waals surface area contributed by atoms with Crippen LogP contribution in [0.15, 0.2) is 40.9 Å². The van der Waals surface area contributed by atoms with Crippen LogP contribution in [-0.2, 0) is 0 Å². The van der Waals surface area contributed by atoms with Crippen LogP contribution in [0.5, 0.6) is 0 Å². The molecule has 0 spiro atoms. The molecule has 0 aliphatic carbocycles. The summed E-state index contributed by atoms with van der Waals surface area (Å²) in [5.41, 5.74) is 3.00. The molecule has 0 aliphatic rings. The molecule has 0 atom stereocenters. The molecule has 18 heavy (non-hydrogen) atoms. The number of fused-ring (bicyclic) bond motifs is 1. The van der Waals surface area contributed by atoms with Crippen LogP contribution in [0, 0.1) is 0 Å². The van der Waals surface area contributed by atoms with Crippen molar-refractivity contribution in [2.75, 3.05) is 0 Å². The van der Waals surface area contributed by atoms with E-state index in [0.29, 0.717) is 10.7 Å². The van der Waals surface area contributed by atoms with Gasteiger partial charge in [-0.25, -0.2) is 4.98 Å². The van der Waals surface area contributed by atoms with Crippen LogP contribution < -0.4 is 5.56 Å². The molecule has 0 amide bonds. The molecule has 3 aromatic rings. The van der Waals surface area contributed by atoms with Crippen molar-refractivity contribution in [3.05, 3.63) is 57.7 Å². The summed E-state index contributed by atoms with van der Waals surface area (Å²) in [6.45, 7) is 0. The second-order valence-electron chi connectivity index (χ2n) is 3.57. The van der Waals surface area contributed by atoms with Gasteiger partial charge in [-0.3, -0.25) is 9.78 Å². The summed E-state index contributed by atoms with van der Waals surface area (Å²) in [6, 6.07) is 5.25. The maximum Gasteiger partial charge on any atom is 0.275 e. The highest BCUT2D eigenvalue weighted by Gasteiger charge is 2.01. The molecule has 0 aromatic carbocycles. The van der Waals surface area contributed by atoms with E-state index < -0.39 is 0 Å². The lowest BCUT2D eigenvalue weighted by molar-refractivity contribution is 0.897. The lowest BCUT2D eigenvalue weighted by Crippen LogP contribution is -2.13. The van der Waals surface area contributed by atoms with Crippen molar-refractivity contribution >= 4 is 28.4 Å². The molecule has 0 unspecified atom stereocenters. The van der Waals surface area contributed by atoms with E-state index in [9.17, 15) is 4.79 Å². The van der Waals surface area contributed by atoms with E-state index in [1.807, 2.05) is 18.2 Å². The normalized spacial score (nSPS) is 11.3. The second-order valence-corrected chi connectivity index (χ2v) is 4.38. The highest BCUT2D eigenvalue weighted by molar-refractivity contribution is 7.14. The standard InChI is InChI=1S/C12H8N4OS/c17-11-6-10(15-12-16(11)14-8-18-12)4-3-9-2-1-5-13-7-9/h1-8H/b4-3+. The maximum atomic E-state index is 11.7. The first-order chi connectivity index (χ1) is 8.83. The van der Waals surface area contributed by atoms with Gasteiger partial charge in [0.2, 0.25) is 4.96 Å². The molecule has 0 bridgehead atoms. The summed E-state index contributed by atoms with van der Waals surface area (Å²) in [5.74, 6) is 0. The summed E-state index contributed by atoms with van der Waals surface area (Å²) in [7, 11) is 0. The van der Waals surface area contributed by atoms with Crippen LogP contribution in [0.4, 0.5) is 0 Å². The SMILES string of the molecule is O=c1cc(/C=C/c2cccnc2)nc2scnn12. The zero-order valence-electron chi connectivity index (χ0n) is 9.22. The Morgan fingerprint density at radius 3 is 3.11 bits per heavy atom. The second kappa shape index (κ2) is 4.50. The average molecular weight is 256 g/mol. The Kier molecular flexibility index (Phi) is 2.70. The predicted molar refractivity (Wildman–Crippen MR) is 70.3 cm³/mol. The van der Waals surface area contributed by atoms with Gasteiger partial charge in [0.1, 0.15) is 5.51 Å². The number of hydrogen-bond acceptors (Lipinski definition) is 5. The zero-order valence-corrected chi connectivity index (χ0v) is 10.0. The highest BCUT2D eigenvalue weighted by Crippen LogP contribution is 2.07. The molecule has 0 aliphatic heterocycles. The molecular weight excluding hydrogens is 248 g/mol. The van der Waals surface area contributed by atoms with Crippen molar-refractivity contribution in [1.82, 2.24) is 19.6 Å². The van der Waals surface area contributed by atoms with Gasteiger partial charge >= 0.3 is 0 Å². The molecular formula is C12H8N4OS. The first kappa shape index (κ1) is 10.8. The Balaban J connectivity index is 2.00. The van der Waals surface area contributed by atoms with Crippen LogP contribution >= 0.6 is 11.3 Å². The van der Waals surface area contributed by atoms with Crippen molar-refractivity contribution in [2.24, 2.45) is 0 Å². The molecule has 0 radical (unpaired) electrons. The first-order valence-corrected chi connectivity index (χ1v) is 6.12. The third-order valence-electron chi connectivity index (χ3n) is 2.34. The molecule has 0 fully saturated rings. The van der Waals surface area contributed by atoms with E-state index in [-0.39, 0.29) is 5.56 Å². The van der Waals surface area contributed by atoms with E-state index in [4.69, 9.17) is 0 Å². The smallest absolute Gasteiger partial charge is 0.267 e. The van der Waals surface area contributed by atoms with Crippen molar-refractivity contribution < 1.29 is 0 Å². The predicted octanol–water partition coefficient (Wildman–Crippen LogP) is 1.72. The van der Waals surface area contributed by atoms with E-state index in [2.05, 4.69) is 15.1 Å². The van der Waals surface area contributed by atoms with Crippen LogP contribution in [0.25, 0.3) is 17.1 Å². The average Bonchev–Trinajstić information content (AvgIpc) is 2.86. The molecule has 0 saturated carbocycles.